The van der Waals surface area contributed by atoms with Crippen LogP contribution in [0, 0.1) is 51.8 Å². The molecular weight excluding hydrogens is 608 g/mol. The third kappa shape index (κ3) is 5.78. The fraction of sp³-hybridized carbons (Fsp3) is 0.767. The van der Waals surface area contributed by atoms with Crippen LogP contribution in [-0.2, 0) is 4.74 Å². The van der Waals surface area contributed by atoms with Crippen molar-refractivity contribution in [2.45, 2.75) is 137 Å². The number of carbonyl (C=O) groups excluding carboxylic acids is 1. The van der Waals surface area contributed by atoms with Crippen molar-refractivity contribution in [2.24, 2.45) is 51.8 Å². The van der Waals surface area contributed by atoms with Crippen molar-refractivity contribution in [3.8, 4) is 0 Å². The van der Waals surface area contributed by atoms with Crippen LogP contribution in [0.15, 0.2) is 30.3 Å². The van der Waals surface area contributed by atoms with Crippen molar-refractivity contribution in [2.75, 3.05) is 19.6 Å². The van der Waals surface area contributed by atoms with E-state index in [1.807, 2.05) is 37.8 Å². The maximum Gasteiger partial charge on any atom is 0.410 e. The van der Waals surface area contributed by atoms with Crippen molar-refractivity contribution >= 4 is 17.6 Å². The van der Waals surface area contributed by atoms with Crippen LogP contribution in [0.3, 0.4) is 0 Å². The van der Waals surface area contributed by atoms with Gasteiger partial charge in [0.05, 0.1) is 5.56 Å². The number of fused-ring (bicyclic) bond motifs is 7. The number of aromatic carboxylic acids is 1. The molecule has 5 fully saturated rings. The maximum atomic E-state index is 12.9. The summed E-state index contributed by atoms with van der Waals surface area (Å²) in [7, 11) is 0. The molecule has 4 saturated carbocycles. The van der Waals surface area contributed by atoms with Crippen LogP contribution in [-0.4, -0.2) is 52.8 Å². The number of likely N-dealkylation sites (tertiary alicyclic amines) is 1. The Morgan fingerprint density at radius 2 is 1.65 bits per heavy atom. The summed E-state index contributed by atoms with van der Waals surface area (Å²) in [5, 5.41) is 13.7. The van der Waals surface area contributed by atoms with Crippen molar-refractivity contribution in [1.82, 2.24) is 10.2 Å². The largest absolute Gasteiger partial charge is 0.478 e. The molecule has 7 rings (SSSR count). The summed E-state index contributed by atoms with van der Waals surface area (Å²) < 4.78 is 5.74. The molecule has 0 aromatic heterocycles. The second-order valence-electron chi connectivity index (χ2n) is 19.2. The zero-order valence-corrected chi connectivity index (χ0v) is 31.6. The van der Waals surface area contributed by atoms with E-state index in [1.54, 1.807) is 12.1 Å². The van der Waals surface area contributed by atoms with Crippen LogP contribution in [0.4, 0.5) is 4.79 Å². The Labute approximate surface area is 296 Å². The zero-order valence-electron chi connectivity index (χ0n) is 31.6. The first kappa shape index (κ1) is 35.1. The Bertz CT molecular complexity index is 1460. The fourth-order valence-electron chi connectivity index (χ4n) is 13.4. The summed E-state index contributed by atoms with van der Waals surface area (Å²) in [6.07, 6.45) is 17.8. The predicted molar refractivity (Wildman–Crippen MR) is 196 cm³/mol. The van der Waals surface area contributed by atoms with E-state index in [9.17, 15) is 14.7 Å². The molecule has 1 aromatic rings. The molecule has 0 radical (unpaired) electrons. The number of benzene rings is 1. The zero-order chi connectivity index (χ0) is 35.0. The van der Waals surface area contributed by atoms with E-state index in [0.717, 1.165) is 50.2 Å². The van der Waals surface area contributed by atoms with Crippen molar-refractivity contribution in [1.29, 1.82) is 0 Å². The van der Waals surface area contributed by atoms with Gasteiger partial charge in [-0.05, 0) is 166 Å². The molecule has 49 heavy (non-hydrogen) atoms. The third-order valence-corrected chi connectivity index (χ3v) is 15.9. The highest BCUT2D eigenvalue weighted by Gasteiger charge is 2.68. The Morgan fingerprint density at radius 1 is 0.898 bits per heavy atom. The number of nitrogens with zero attached hydrogens (tertiary/aromatic N) is 1. The summed E-state index contributed by atoms with van der Waals surface area (Å²) in [5.41, 5.74) is 3.81. The molecule has 1 saturated heterocycles. The van der Waals surface area contributed by atoms with Crippen molar-refractivity contribution < 1.29 is 19.4 Å². The van der Waals surface area contributed by atoms with Gasteiger partial charge in [-0.1, -0.05) is 52.3 Å². The Hall–Kier alpha value is -2.34. The van der Waals surface area contributed by atoms with Gasteiger partial charge in [0.1, 0.15) is 5.60 Å². The molecule has 0 bridgehead atoms. The topological polar surface area (TPSA) is 78.9 Å². The van der Waals surface area contributed by atoms with Crippen LogP contribution in [0.1, 0.15) is 141 Å². The molecule has 5 aliphatic carbocycles. The van der Waals surface area contributed by atoms with E-state index in [2.05, 4.69) is 39.1 Å². The number of hydrogen-bond donors (Lipinski definition) is 2. The number of carboxylic acids is 1. The minimum atomic E-state index is -0.857. The first-order valence-electron chi connectivity index (χ1n) is 19.9. The van der Waals surface area contributed by atoms with Gasteiger partial charge in [-0.3, -0.25) is 0 Å². The first-order valence-corrected chi connectivity index (χ1v) is 19.9. The second-order valence-corrected chi connectivity index (χ2v) is 19.2. The lowest BCUT2D eigenvalue weighted by Gasteiger charge is -2.71. The number of ether oxygens (including phenoxy) is 1. The predicted octanol–water partition coefficient (Wildman–Crippen LogP) is 9.83. The van der Waals surface area contributed by atoms with Crippen molar-refractivity contribution in [3.05, 3.63) is 41.5 Å². The number of carboxylic acid groups (broad SMARTS) is 1. The Balaban J connectivity index is 1.06. The summed E-state index contributed by atoms with van der Waals surface area (Å²) in [5.74, 6) is 3.05. The molecule has 1 heterocycles. The van der Waals surface area contributed by atoms with Crippen LogP contribution in [0.2, 0.25) is 0 Å². The van der Waals surface area contributed by atoms with Crippen LogP contribution in [0.25, 0.3) is 5.57 Å². The van der Waals surface area contributed by atoms with Gasteiger partial charge in [-0.2, -0.15) is 0 Å². The molecule has 6 aliphatic rings. The van der Waals surface area contributed by atoms with Gasteiger partial charge in [0.15, 0.2) is 0 Å². The lowest BCUT2D eigenvalue weighted by Crippen LogP contribution is -2.67. The lowest BCUT2D eigenvalue weighted by atomic mass is 9.34. The van der Waals surface area contributed by atoms with Gasteiger partial charge in [0.2, 0.25) is 0 Å². The smallest absolute Gasteiger partial charge is 0.410 e. The van der Waals surface area contributed by atoms with Crippen LogP contribution in [0.5, 0.6) is 0 Å². The number of carbonyl (C=O) groups is 2. The Kier molecular flexibility index (Phi) is 8.89. The highest BCUT2D eigenvalue weighted by atomic mass is 16.6. The van der Waals surface area contributed by atoms with E-state index < -0.39 is 11.6 Å². The number of nitrogens with one attached hydrogen (secondary N) is 1. The highest BCUT2D eigenvalue weighted by molar-refractivity contribution is 5.88. The van der Waals surface area contributed by atoms with Gasteiger partial charge < -0.3 is 20.1 Å². The van der Waals surface area contributed by atoms with E-state index in [0.29, 0.717) is 39.6 Å². The third-order valence-electron chi connectivity index (χ3n) is 15.9. The van der Waals surface area contributed by atoms with Crippen LogP contribution < -0.4 is 5.32 Å². The van der Waals surface area contributed by atoms with E-state index in [-0.39, 0.29) is 11.6 Å². The van der Waals surface area contributed by atoms with Gasteiger partial charge in [0.25, 0.3) is 0 Å². The van der Waals surface area contributed by atoms with E-state index in [4.69, 9.17) is 4.74 Å². The fourth-order valence-corrected chi connectivity index (χ4v) is 13.4. The van der Waals surface area contributed by atoms with Crippen molar-refractivity contribution in [3.63, 3.8) is 0 Å². The van der Waals surface area contributed by atoms with Gasteiger partial charge in [0, 0.05) is 25.2 Å². The van der Waals surface area contributed by atoms with Gasteiger partial charge >= 0.3 is 12.1 Å². The molecule has 1 aliphatic heterocycles. The molecule has 1 aromatic carbocycles. The normalized spacial score (nSPS) is 41.9. The number of rotatable bonds is 5. The van der Waals surface area contributed by atoms with Crippen LogP contribution >= 0.6 is 0 Å². The first-order chi connectivity index (χ1) is 23.1. The number of piperidine rings is 1. The maximum absolute atomic E-state index is 12.9. The quantitative estimate of drug-likeness (QED) is 0.326. The van der Waals surface area contributed by atoms with Gasteiger partial charge in [-0.25, -0.2) is 9.59 Å². The molecule has 9 unspecified atom stereocenters. The summed E-state index contributed by atoms with van der Waals surface area (Å²) in [6.45, 7) is 19.1. The molecule has 6 heteroatoms. The number of allylic oxidation sites excluding steroid dienone is 2. The SMILES string of the molecule is CC1C(c2ccc(C(=O)O)cc2)=CCC2(C)C1CCC1(C)C2CCC2C3CCCC3(NCC3CCCN(C(=O)OC(C)(C)C)C3)CC[C@]21C. The minimum absolute atomic E-state index is 0.149. The number of amides is 1. The molecule has 0 spiro atoms. The average Bonchev–Trinajstić information content (AvgIpc) is 3.48. The minimum Gasteiger partial charge on any atom is -0.478 e. The molecule has 10 atom stereocenters. The molecular formula is C43H64N2O4. The Morgan fingerprint density at radius 3 is 2.37 bits per heavy atom. The summed E-state index contributed by atoms with van der Waals surface area (Å²) in [6, 6.07) is 7.60. The standard InChI is InChI=1S/C43H64N2O4/c1-28-32(30-12-14-31(15-13-30)37(46)47)18-21-40(5)33(28)19-22-42(7)36(40)17-16-34-35-11-8-20-43(35,24-23-41(34,42)6)44-26-29-10-9-25-45(27-29)38(48)49-39(2,3)4/h12-15,18,28-29,33-36,44H,8-11,16-17,19-27H2,1-7H3,(H,46,47)/t28?,29?,33?,34?,35?,36?,40?,41-,42?,43?/m1/s1. The second kappa shape index (κ2) is 12.4. The van der Waals surface area contributed by atoms with E-state index in [1.165, 1.54) is 75.3 Å². The lowest BCUT2D eigenvalue weighted by molar-refractivity contribution is -0.211. The number of hydrogen-bond acceptors (Lipinski definition) is 4. The van der Waals surface area contributed by atoms with E-state index >= 15 is 0 Å². The molecule has 2 N–H and O–H groups in total. The molecule has 270 valence electrons. The summed E-state index contributed by atoms with van der Waals surface area (Å²) >= 11 is 0. The molecule has 6 nitrogen and oxygen atoms in total. The molecule has 1 amide bonds. The summed E-state index contributed by atoms with van der Waals surface area (Å²) in [4.78, 5) is 26.3. The monoisotopic (exact) mass is 672 g/mol. The highest BCUT2D eigenvalue weighted by Crippen LogP contribution is 2.75. The van der Waals surface area contributed by atoms with Gasteiger partial charge in [-0.15, -0.1) is 0 Å². The average molecular weight is 673 g/mol.